The molecule has 0 fully saturated rings. The minimum Gasteiger partial charge on any atom is -0.493 e. The van der Waals surface area contributed by atoms with Gasteiger partial charge in [0.15, 0.2) is 17.6 Å². The van der Waals surface area contributed by atoms with E-state index in [0.717, 1.165) is 22.4 Å². The molecule has 0 saturated carbocycles. The van der Waals surface area contributed by atoms with E-state index in [1.807, 2.05) is 69.1 Å². The number of fused-ring (bicyclic) bond motifs is 1. The fourth-order valence-electron chi connectivity index (χ4n) is 3.18. The third-order valence-corrected chi connectivity index (χ3v) is 4.69. The van der Waals surface area contributed by atoms with E-state index in [4.69, 9.17) is 15.2 Å². The van der Waals surface area contributed by atoms with Crippen molar-refractivity contribution < 1.29 is 14.3 Å². The number of carbonyl (C=O) groups is 1. The highest BCUT2D eigenvalue weighted by Gasteiger charge is 2.24. The summed E-state index contributed by atoms with van der Waals surface area (Å²) in [5, 5.41) is 0.941. The van der Waals surface area contributed by atoms with Crippen molar-refractivity contribution in [2.24, 2.45) is 11.7 Å². The Morgan fingerprint density at radius 2 is 1.83 bits per heavy atom. The lowest BCUT2D eigenvalue weighted by molar-refractivity contribution is -0.126. The molecule has 7 heteroatoms. The molecule has 3 aromatic rings. The zero-order chi connectivity index (χ0) is 21.1. The first-order valence-electron chi connectivity index (χ1n) is 9.43. The van der Waals surface area contributed by atoms with Crippen LogP contribution in [-0.4, -0.2) is 36.1 Å². The molecule has 0 aliphatic carbocycles. The maximum atomic E-state index is 11.8. The highest BCUT2D eigenvalue weighted by molar-refractivity contribution is 5.91. The van der Waals surface area contributed by atoms with Crippen LogP contribution in [0, 0.1) is 12.8 Å². The van der Waals surface area contributed by atoms with Crippen LogP contribution in [0.5, 0.6) is 11.5 Å². The lowest BCUT2D eigenvalue weighted by Gasteiger charge is -2.24. The van der Waals surface area contributed by atoms with Gasteiger partial charge >= 0.3 is 0 Å². The van der Waals surface area contributed by atoms with Crippen LogP contribution in [0.4, 0.5) is 11.5 Å². The topological polar surface area (TPSA) is 90.6 Å². The molecule has 1 unspecified atom stereocenters. The molecular weight excluding hydrogens is 368 g/mol. The van der Waals surface area contributed by atoms with Gasteiger partial charge in [0.05, 0.1) is 12.6 Å². The van der Waals surface area contributed by atoms with Crippen molar-refractivity contribution in [1.82, 2.24) is 9.97 Å². The second-order valence-electron chi connectivity index (χ2n) is 7.19. The third-order valence-electron chi connectivity index (χ3n) is 4.69. The zero-order valence-electron chi connectivity index (χ0n) is 17.3. The fraction of sp³-hybridized carbons (Fsp3) is 0.318. The number of anilines is 2. The Morgan fingerprint density at radius 1 is 1.10 bits per heavy atom. The number of para-hydroxylation sites is 1. The molecule has 0 aliphatic rings. The van der Waals surface area contributed by atoms with Gasteiger partial charge in [-0.3, -0.25) is 4.79 Å². The summed E-state index contributed by atoms with van der Waals surface area (Å²) in [4.78, 5) is 22.9. The number of primary amides is 1. The van der Waals surface area contributed by atoms with Gasteiger partial charge in [0.2, 0.25) is 0 Å². The second-order valence-corrected chi connectivity index (χ2v) is 7.19. The number of aromatic nitrogens is 2. The molecular formula is C22H26N4O3. The number of methoxy groups -OCH3 is 1. The van der Waals surface area contributed by atoms with Crippen molar-refractivity contribution in [3.05, 3.63) is 48.3 Å². The molecule has 29 heavy (non-hydrogen) atoms. The van der Waals surface area contributed by atoms with Crippen LogP contribution in [0.25, 0.3) is 10.9 Å². The Hall–Kier alpha value is -3.35. The Labute approximate surface area is 170 Å². The molecule has 3 rings (SSSR count). The molecule has 2 aromatic carbocycles. The molecule has 1 heterocycles. The van der Waals surface area contributed by atoms with Crippen molar-refractivity contribution in [2.75, 3.05) is 19.1 Å². The smallest absolute Gasteiger partial charge is 0.258 e. The average molecular weight is 394 g/mol. The molecule has 152 valence electrons. The number of hydrogen-bond acceptors (Lipinski definition) is 6. The molecule has 2 N–H and O–H groups in total. The van der Waals surface area contributed by atoms with Crippen LogP contribution < -0.4 is 20.1 Å². The summed E-state index contributed by atoms with van der Waals surface area (Å²) in [6.07, 6.45) is -0.758. The lowest BCUT2D eigenvalue weighted by Crippen LogP contribution is -2.38. The van der Waals surface area contributed by atoms with Crippen molar-refractivity contribution >= 4 is 28.3 Å². The minimum atomic E-state index is -0.758. The van der Waals surface area contributed by atoms with Crippen LogP contribution in [0.15, 0.2) is 42.5 Å². The highest BCUT2D eigenvalue weighted by Crippen LogP contribution is 2.36. The second kappa shape index (κ2) is 8.34. The summed E-state index contributed by atoms with van der Waals surface area (Å²) >= 11 is 0. The Balaban J connectivity index is 2.05. The first-order chi connectivity index (χ1) is 13.8. The predicted molar refractivity (Wildman–Crippen MR) is 114 cm³/mol. The van der Waals surface area contributed by atoms with E-state index < -0.39 is 12.0 Å². The number of ether oxygens (including phenoxy) is 2. The highest BCUT2D eigenvalue weighted by atomic mass is 16.5. The molecule has 7 nitrogen and oxygen atoms in total. The largest absolute Gasteiger partial charge is 0.493 e. The first kappa shape index (κ1) is 20.4. The number of benzene rings is 2. The average Bonchev–Trinajstić information content (AvgIpc) is 2.70. The van der Waals surface area contributed by atoms with Gasteiger partial charge in [0.1, 0.15) is 11.6 Å². The van der Waals surface area contributed by atoms with E-state index >= 15 is 0 Å². The molecule has 1 atom stereocenters. The Kier molecular flexibility index (Phi) is 5.87. The number of aryl methyl sites for hydroxylation is 1. The molecule has 0 spiro atoms. The SMILES string of the molecule is COc1ccc(N(C)c2nc(C)nc3ccccc23)cc1OC(C(N)=O)C(C)C. The normalized spacial score (nSPS) is 12.1. The van der Waals surface area contributed by atoms with Crippen LogP contribution in [0.2, 0.25) is 0 Å². The standard InChI is InChI=1S/C22H26N4O3/c1-13(2)20(21(23)27)29-19-12-15(10-11-18(19)28-5)26(4)22-16-8-6-7-9-17(16)24-14(3)25-22/h6-13,20H,1-5H3,(H2,23,27). The van der Waals surface area contributed by atoms with Crippen molar-refractivity contribution in [2.45, 2.75) is 26.9 Å². The Bertz CT molecular complexity index is 1040. The minimum absolute atomic E-state index is 0.0768. The summed E-state index contributed by atoms with van der Waals surface area (Å²) in [5.74, 6) is 1.84. The summed E-state index contributed by atoms with van der Waals surface area (Å²) in [5.41, 5.74) is 7.22. The lowest BCUT2D eigenvalue weighted by atomic mass is 10.1. The van der Waals surface area contributed by atoms with Crippen molar-refractivity contribution in [3.63, 3.8) is 0 Å². The molecule has 0 saturated heterocycles. The van der Waals surface area contributed by atoms with Gasteiger partial charge in [0, 0.05) is 24.2 Å². The van der Waals surface area contributed by atoms with Gasteiger partial charge < -0.3 is 20.1 Å². The van der Waals surface area contributed by atoms with Gasteiger partial charge in [-0.15, -0.1) is 0 Å². The monoisotopic (exact) mass is 394 g/mol. The van der Waals surface area contributed by atoms with Crippen LogP contribution in [0.3, 0.4) is 0 Å². The van der Waals surface area contributed by atoms with E-state index in [0.29, 0.717) is 17.3 Å². The van der Waals surface area contributed by atoms with Gasteiger partial charge in [0.25, 0.3) is 5.91 Å². The van der Waals surface area contributed by atoms with Crippen molar-refractivity contribution in [1.29, 1.82) is 0 Å². The number of nitrogens with two attached hydrogens (primary N) is 1. The van der Waals surface area contributed by atoms with E-state index in [2.05, 4.69) is 9.97 Å². The molecule has 0 radical (unpaired) electrons. The molecule has 0 aliphatic heterocycles. The van der Waals surface area contributed by atoms with E-state index in [-0.39, 0.29) is 5.92 Å². The first-order valence-corrected chi connectivity index (χ1v) is 9.43. The van der Waals surface area contributed by atoms with Gasteiger partial charge in [-0.25, -0.2) is 9.97 Å². The number of amides is 1. The number of rotatable bonds is 7. The van der Waals surface area contributed by atoms with E-state index in [1.165, 1.54) is 0 Å². The fourth-order valence-corrected chi connectivity index (χ4v) is 3.18. The van der Waals surface area contributed by atoms with Gasteiger partial charge in [-0.1, -0.05) is 26.0 Å². The number of carbonyl (C=O) groups excluding carboxylic acids is 1. The molecule has 1 aromatic heterocycles. The summed E-state index contributed by atoms with van der Waals surface area (Å²) in [6, 6.07) is 13.4. The van der Waals surface area contributed by atoms with Gasteiger partial charge in [-0.2, -0.15) is 0 Å². The molecule has 1 amide bonds. The quantitative estimate of drug-likeness (QED) is 0.658. The number of hydrogen-bond donors (Lipinski definition) is 1. The maximum absolute atomic E-state index is 11.8. The summed E-state index contributed by atoms with van der Waals surface area (Å²) in [7, 11) is 3.48. The van der Waals surface area contributed by atoms with Crippen LogP contribution >= 0.6 is 0 Å². The zero-order valence-corrected chi connectivity index (χ0v) is 17.3. The summed E-state index contributed by atoms with van der Waals surface area (Å²) in [6.45, 7) is 5.63. The van der Waals surface area contributed by atoms with Crippen molar-refractivity contribution in [3.8, 4) is 11.5 Å². The predicted octanol–water partition coefficient (Wildman–Crippen LogP) is 3.60. The third kappa shape index (κ3) is 4.23. The maximum Gasteiger partial charge on any atom is 0.258 e. The Morgan fingerprint density at radius 3 is 2.48 bits per heavy atom. The molecule has 0 bridgehead atoms. The summed E-state index contributed by atoms with van der Waals surface area (Å²) < 4.78 is 11.4. The van der Waals surface area contributed by atoms with Crippen LogP contribution in [0.1, 0.15) is 19.7 Å². The van der Waals surface area contributed by atoms with E-state index in [1.54, 1.807) is 13.2 Å². The van der Waals surface area contributed by atoms with Crippen LogP contribution in [-0.2, 0) is 4.79 Å². The van der Waals surface area contributed by atoms with Gasteiger partial charge in [-0.05, 0) is 37.1 Å². The van der Waals surface area contributed by atoms with E-state index in [9.17, 15) is 4.79 Å². The number of nitrogens with zero attached hydrogens (tertiary/aromatic N) is 3.